The van der Waals surface area contributed by atoms with Crippen molar-refractivity contribution in [3.63, 3.8) is 0 Å². The van der Waals surface area contributed by atoms with Crippen molar-refractivity contribution in [2.24, 2.45) is 0 Å². The molecule has 11 heteroatoms. The first-order valence-corrected chi connectivity index (χ1v) is 12.8. The first kappa shape index (κ1) is 29.3. The number of benzene rings is 4. The van der Waals surface area contributed by atoms with Crippen LogP contribution >= 0.6 is 0 Å². The summed E-state index contributed by atoms with van der Waals surface area (Å²) in [4.78, 5) is 60.4. The summed E-state index contributed by atoms with van der Waals surface area (Å²) in [5.41, 5.74) is 1.68. The highest BCUT2D eigenvalue weighted by Gasteiger charge is 2.29. The molecule has 0 saturated heterocycles. The van der Waals surface area contributed by atoms with Crippen molar-refractivity contribution in [3.05, 3.63) is 152 Å². The lowest BCUT2D eigenvalue weighted by Gasteiger charge is -2.23. The number of ketones is 1. The normalized spacial score (nSPS) is 11.4. The number of Topliss-reactive ketones (excluding diaryl/α,β-unsaturated/α-hetero) is 1. The number of esters is 1. The summed E-state index contributed by atoms with van der Waals surface area (Å²) in [5, 5.41) is 24.7. The van der Waals surface area contributed by atoms with Crippen molar-refractivity contribution >= 4 is 29.0 Å². The van der Waals surface area contributed by atoms with E-state index in [1.54, 1.807) is 48.5 Å². The predicted molar refractivity (Wildman–Crippen MR) is 152 cm³/mol. The van der Waals surface area contributed by atoms with E-state index in [1.165, 1.54) is 48.5 Å². The second-order valence-electron chi connectivity index (χ2n) is 9.28. The van der Waals surface area contributed by atoms with Gasteiger partial charge in [-0.1, -0.05) is 72.8 Å². The molecule has 212 valence electrons. The first-order valence-electron chi connectivity index (χ1n) is 12.8. The van der Waals surface area contributed by atoms with E-state index in [0.717, 1.165) is 0 Å². The standard InChI is InChI=1S/C31H25N3O8/c35-28(22-13-17-26(18-14-22)34(40)41)20-42-31(37)27(19-21-11-15-25(16-12-21)33(38)39)32-30(36)29(23-7-3-1-4-8-23)24-9-5-2-6-10-24/h1-18,27,29H,19-20H2,(H,32,36)/t27-/m0/s1. The quantitative estimate of drug-likeness (QED) is 0.111. The van der Waals surface area contributed by atoms with E-state index in [4.69, 9.17) is 4.74 Å². The minimum absolute atomic E-state index is 0.0649. The smallest absolute Gasteiger partial charge is 0.329 e. The summed E-state index contributed by atoms with van der Waals surface area (Å²) in [6, 6.07) is 27.1. The number of nitrogens with zero attached hydrogens (tertiary/aromatic N) is 2. The third-order valence-electron chi connectivity index (χ3n) is 6.46. The molecule has 4 aromatic rings. The molecule has 0 radical (unpaired) electrons. The number of rotatable bonds is 12. The van der Waals surface area contributed by atoms with Crippen LogP contribution in [-0.4, -0.2) is 40.2 Å². The summed E-state index contributed by atoms with van der Waals surface area (Å²) in [7, 11) is 0. The molecule has 0 aliphatic heterocycles. The SMILES string of the molecule is O=C(COC(=O)[C@H](Cc1ccc([N+](=O)[O-])cc1)NC(=O)C(c1ccccc1)c1ccccc1)c1ccc([N+](=O)[O-])cc1. The van der Waals surface area contributed by atoms with Crippen LogP contribution in [0, 0.1) is 20.2 Å². The number of carbonyl (C=O) groups is 3. The molecule has 0 aliphatic carbocycles. The van der Waals surface area contributed by atoms with Gasteiger partial charge in [-0.2, -0.15) is 0 Å². The van der Waals surface area contributed by atoms with Gasteiger partial charge in [-0.05, 0) is 28.8 Å². The Labute approximate surface area is 240 Å². The fraction of sp³-hybridized carbons (Fsp3) is 0.129. The number of hydrogen-bond acceptors (Lipinski definition) is 8. The number of nitrogens with one attached hydrogen (secondary N) is 1. The largest absolute Gasteiger partial charge is 0.456 e. The van der Waals surface area contributed by atoms with Gasteiger partial charge in [-0.25, -0.2) is 4.79 Å². The molecule has 1 N–H and O–H groups in total. The van der Waals surface area contributed by atoms with Crippen LogP contribution in [0.5, 0.6) is 0 Å². The average Bonchev–Trinajstić information content (AvgIpc) is 3.01. The topological polar surface area (TPSA) is 159 Å². The van der Waals surface area contributed by atoms with Crippen LogP contribution in [0.2, 0.25) is 0 Å². The van der Waals surface area contributed by atoms with Gasteiger partial charge in [-0.3, -0.25) is 29.8 Å². The van der Waals surface area contributed by atoms with Crippen LogP contribution in [0.4, 0.5) is 11.4 Å². The lowest BCUT2D eigenvalue weighted by molar-refractivity contribution is -0.385. The van der Waals surface area contributed by atoms with E-state index in [2.05, 4.69) is 5.32 Å². The molecule has 11 nitrogen and oxygen atoms in total. The second kappa shape index (κ2) is 13.6. The van der Waals surface area contributed by atoms with Gasteiger partial charge in [0.2, 0.25) is 5.91 Å². The average molecular weight is 568 g/mol. The van der Waals surface area contributed by atoms with Gasteiger partial charge in [0, 0.05) is 36.2 Å². The van der Waals surface area contributed by atoms with Crippen LogP contribution < -0.4 is 5.32 Å². The molecule has 42 heavy (non-hydrogen) atoms. The Bertz CT molecular complexity index is 1540. The van der Waals surface area contributed by atoms with Gasteiger partial charge in [0.15, 0.2) is 12.4 Å². The minimum atomic E-state index is -1.24. The molecule has 0 unspecified atom stereocenters. The predicted octanol–water partition coefficient (Wildman–Crippen LogP) is 4.79. The number of hydrogen-bond donors (Lipinski definition) is 1. The molecule has 0 saturated carbocycles. The molecule has 0 fully saturated rings. The molecule has 1 atom stereocenters. The molecular formula is C31H25N3O8. The Balaban J connectivity index is 1.56. The van der Waals surface area contributed by atoms with Gasteiger partial charge in [-0.15, -0.1) is 0 Å². The Morgan fingerprint density at radius 2 is 1.17 bits per heavy atom. The highest BCUT2D eigenvalue weighted by atomic mass is 16.6. The van der Waals surface area contributed by atoms with Crippen LogP contribution in [0.25, 0.3) is 0 Å². The van der Waals surface area contributed by atoms with Crippen molar-refractivity contribution in [3.8, 4) is 0 Å². The lowest BCUT2D eigenvalue weighted by Crippen LogP contribution is -2.45. The fourth-order valence-electron chi connectivity index (χ4n) is 4.31. The molecule has 0 heterocycles. The van der Waals surface area contributed by atoms with Gasteiger partial charge in [0.05, 0.1) is 15.8 Å². The maximum absolute atomic E-state index is 13.7. The highest BCUT2D eigenvalue weighted by molar-refractivity contribution is 5.98. The molecule has 4 aromatic carbocycles. The summed E-state index contributed by atoms with van der Waals surface area (Å²) >= 11 is 0. The van der Waals surface area contributed by atoms with Crippen molar-refractivity contribution in [2.75, 3.05) is 6.61 Å². The Kier molecular flexibility index (Phi) is 9.46. The monoisotopic (exact) mass is 567 g/mol. The van der Waals surface area contributed by atoms with E-state index in [1.807, 2.05) is 12.1 Å². The van der Waals surface area contributed by atoms with Gasteiger partial charge >= 0.3 is 5.97 Å². The number of nitro groups is 2. The fourth-order valence-corrected chi connectivity index (χ4v) is 4.31. The van der Waals surface area contributed by atoms with Gasteiger partial charge in [0.1, 0.15) is 6.04 Å². The van der Waals surface area contributed by atoms with Crippen molar-refractivity contribution in [1.29, 1.82) is 0 Å². The van der Waals surface area contributed by atoms with Crippen LogP contribution in [0.3, 0.4) is 0 Å². The first-order chi connectivity index (χ1) is 20.2. The van der Waals surface area contributed by atoms with E-state index in [9.17, 15) is 34.6 Å². The van der Waals surface area contributed by atoms with Crippen molar-refractivity contribution in [1.82, 2.24) is 5.32 Å². The maximum atomic E-state index is 13.7. The van der Waals surface area contributed by atoms with E-state index >= 15 is 0 Å². The molecule has 0 spiro atoms. The van der Waals surface area contributed by atoms with E-state index in [0.29, 0.717) is 16.7 Å². The maximum Gasteiger partial charge on any atom is 0.329 e. The molecule has 4 rings (SSSR count). The van der Waals surface area contributed by atoms with Crippen molar-refractivity contribution in [2.45, 2.75) is 18.4 Å². The second-order valence-corrected chi connectivity index (χ2v) is 9.28. The summed E-state index contributed by atoms with van der Waals surface area (Å²) < 4.78 is 5.28. The third-order valence-corrected chi connectivity index (χ3v) is 6.46. The van der Waals surface area contributed by atoms with E-state index < -0.39 is 46.1 Å². The zero-order valence-electron chi connectivity index (χ0n) is 22.1. The Morgan fingerprint density at radius 1 is 0.690 bits per heavy atom. The highest BCUT2D eigenvalue weighted by Crippen LogP contribution is 2.25. The number of amides is 1. The number of non-ortho nitro benzene ring substituents is 2. The Morgan fingerprint density at radius 3 is 1.64 bits per heavy atom. The molecule has 0 aromatic heterocycles. The molecule has 0 bridgehead atoms. The van der Waals surface area contributed by atoms with Gasteiger partial charge in [0.25, 0.3) is 11.4 Å². The number of carbonyl (C=O) groups excluding carboxylic acids is 3. The summed E-state index contributed by atoms with van der Waals surface area (Å²) in [6.45, 7) is -0.663. The number of ether oxygens (including phenoxy) is 1. The lowest BCUT2D eigenvalue weighted by atomic mass is 9.90. The Hall–Kier alpha value is -5.71. The molecule has 0 aliphatic rings. The van der Waals surface area contributed by atoms with E-state index in [-0.39, 0.29) is 23.4 Å². The van der Waals surface area contributed by atoms with Crippen LogP contribution in [-0.2, 0) is 20.7 Å². The minimum Gasteiger partial charge on any atom is -0.456 e. The summed E-state index contributed by atoms with van der Waals surface area (Å²) in [6.07, 6.45) is -0.0649. The van der Waals surface area contributed by atoms with Crippen LogP contribution in [0.15, 0.2) is 109 Å². The zero-order chi connectivity index (χ0) is 30.1. The molecular weight excluding hydrogens is 542 g/mol. The van der Waals surface area contributed by atoms with Gasteiger partial charge < -0.3 is 10.1 Å². The number of nitro benzene ring substituents is 2. The summed E-state index contributed by atoms with van der Waals surface area (Å²) in [5.74, 6) is -2.73. The van der Waals surface area contributed by atoms with Crippen LogP contribution in [0.1, 0.15) is 33.0 Å². The zero-order valence-corrected chi connectivity index (χ0v) is 22.1. The van der Waals surface area contributed by atoms with Crippen molar-refractivity contribution < 1.29 is 29.0 Å². The third kappa shape index (κ3) is 7.48. The molecule has 1 amide bonds.